The summed E-state index contributed by atoms with van der Waals surface area (Å²) in [5, 5.41) is 0.515. The van der Waals surface area contributed by atoms with Crippen LogP contribution in [0.15, 0.2) is 24.3 Å². The molecule has 1 aromatic rings. The molecule has 0 unspecified atom stereocenters. The number of hydrogen-bond donors (Lipinski definition) is 0. The molecule has 6 heteroatoms. The van der Waals surface area contributed by atoms with Crippen molar-refractivity contribution < 1.29 is 14.3 Å². The number of carbonyl (C=O) groups is 2. The minimum atomic E-state index is -0.330. The van der Waals surface area contributed by atoms with Gasteiger partial charge in [-0.05, 0) is 32.3 Å². The molecule has 0 spiro atoms. The minimum absolute atomic E-state index is 0.136. The molecule has 1 aromatic carbocycles. The first-order chi connectivity index (χ1) is 9.93. The predicted molar refractivity (Wildman–Crippen MR) is 82.5 cm³/mol. The molecule has 0 aromatic heterocycles. The Balaban J connectivity index is 2.78. The van der Waals surface area contributed by atoms with Crippen LogP contribution in [0.2, 0.25) is 5.02 Å². The van der Waals surface area contributed by atoms with E-state index in [1.165, 1.54) is 7.11 Å². The highest BCUT2D eigenvalue weighted by atomic mass is 35.5. The number of esters is 1. The fraction of sp³-hybridized carbons (Fsp3) is 0.467. The lowest BCUT2D eigenvalue weighted by molar-refractivity contribution is -0.140. The third-order valence-electron chi connectivity index (χ3n) is 2.99. The Kier molecular flexibility index (Phi) is 7.19. The van der Waals surface area contributed by atoms with Gasteiger partial charge >= 0.3 is 5.97 Å². The molecule has 0 aliphatic carbocycles. The van der Waals surface area contributed by atoms with Gasteiger partial charge in [0.1, 0.15) is 0 Å². The summed E-state index contributed by atoms with van der Waals surface area (Å²) in [6.07, 6.45) is 0.177. The first-order valence-corrected chi connectivity index (χ1v) is 7.08. The first kappa shape index (κ1) is 17.5. The zero-order valence-electron chi connectivity index (χ0n) is 12.6. The van der Waals surface area contributed by atoms with E-state index in [9.17, 15) is 9.59 Å². The van der Waals surface area contributed by atoms with Crippen molar-refractivity contribution in [2.24, 2.45) is 0 Å². The Hall–Kier alpha value is -1.59. The number of halogens is 1. The Morgan fingerprint density at radius 3 is 2.48 bits per heavy atom. The van der Waals surface area contributed by atoms with Crippen molar-refractivity contribution >= 4 is 23.5 Å². The van der Waals surface area contributed by atoms with E-state index in [1.807, 2.05) is 19.0 Å². The second kappa shape index (κ2) is 8.64. The number of rotatable bonds is 7. The lowest BCUT2D eigenvalue weighted by Gasteiger charge is -2.24. The number of benzene rings is 1. The fourth-order valence-corrected chi connectivity index (χ4v) is 1.96. The Labute approximate surface area is 130 Å². The van der Waals surface area contributed by atoms with Crippen molar-refractivity contribution in [2.45, 2.75) is 6.42 Å². The van der Waals surface area contributed by atoms with Crippen LogP contribution in [0.3, 0.4) is 0 Å². The zero-order chi connectivity index (χ0) is 15.8. The van der Waals surface area contributed by atoms with E-state index >= 15 is 0 Å². The summed E-state index contributed by atoms with van der Waals surface area (Å²) in [5.74, 6) is -0.466. The van der Waals surface area contributed by atoms with E-state index in [2.05, 4.69) is 4.74 Å². The molecule has 0 saturated carbocycles. The normalized spacial score (nSPS) is 10.5. The summed E-state index contributed by atoms with van der Waals surface area (Å²) in [6, 6.07) is 6.80. The van der Waals surface area contributed by atoms with Crippen LogP contribution in [-0.2, 0) is 9.53 Å². The standard InChI is InChI=1S/C15H21ClN2O3/c1-17(2)9-10-18(8-7-14(19)21-3)15(20)12-5-4-6-13(16)11-12/h4-6,11H,7-10H2,1-3H3. The topological polar surface area (TPSA) is 49.9 Å². The molecule has 0 radical (unpaired) electrons. The quantitative estimate of drug-likeness (QED) is 0.722. The third-order valence-corrected chi connectivity index (χ3v) is 3.22. The van der Waals surface area contributed by atoms with Crippen LogP contribution >= 0.6 is 11.6 Å². The van der Waals surface area contributed by atoms with Crippen LogP contribution in [0, 0.1) is 0 Å². The van der Waals surface area contributed by atoms with E-state index in [-0.39, 0.29) is 18.3 Å². The van der Waals surface area contributed by atoms with Crippen LogP contribution in [-0.4, -0.2) is 62.5 Å². The number of likely N-dealkylation sites (N-methyl/N-ethyl adjacent to an activating group) is 1. The van der Waals surface area contributed by atoms with E-state index in [0.29, 0.717) is 30.2 Å². The third kappa shape index (κ3) is 6.14. The SMILES string of the molecule is COC(=O)CCN(CCN(C)C)C(=O)c1cccc(Cl)c1. The van der Waals surface area contributed by atoms with Crippen LogP contribution in [0.4, 0.5) is 0 Å². The highest BCUT2D eigenvalue weighted by molar-refractivity contribution is 6.30. The van der Waals surface area contributed by atoms with Gasteiger partial charge in [0.15, 0.2) is 0 Å². The summed E-state index contributed by atoms with van der Waals surface area (Å²) in [4.78, 5) is 27.4. The van der Waals surface area contributed by atoms with Crippen molar-refractivity contribution in [3.05, 3.63) is 34.9 Å². The van der Waals surface area contributed by atoms with Crippen LogP contribution in [0.5, 0.6) is 0 Å². The zero-order valence-corrected chi connectivity index (χ0v) is 13.4. The largest absolute Gasteiger partial charge is 0.469 e. The maximum atomic E-state index is 12.5. The summed E-state index contributed by atoms with van der Waals surface area (Å²) in [5.41, 5.74) is 0.520. The maximum absolute atomic E-state index is 12.5. The fourth-order valence-electron chi connectivity index (χ4n) is 1.77. The molecule has 5 nitrogen and oxygen atoms in total. The van der Waals surface area contributed by atoms with E-state index < -0.39 is 0 Å². The van der Waals surface area contributed by atoms with Gasteiger partial charge in [0.25, 0.3) is 5.91 Å². The number of amides is 1. The van der Waals surface area contributed by atoms with Crippen molar-refractivity contribution in [3.63, 3.8) is 0 Å². The van der Waals surface area contributed by atoms with Crippen molar-refractivity contribution in [1.82, 2.24) is 9.80 Å². The first-order valence-electron chi connectivity index (χ1n) is 6.70. The summed E-state index contributed by atoms with van der Waals surface area (Å²) < 4.78 is 4.62. The molecule has 0 atom stereocenters. The Morgan fingerprint density at radius 1 is 1.19 bits per heavy atom. The van der Waals surface area contributed by atoms with Gasteiger partial charge in [0, 0.05) is 30.2 Å². The summed E-state index contributed by atoms with van der Waals surface area (Å²) >= 11 is 5.92. The summed E-state index contributed by atoms with van der Waals surface area (Å²) in [6.45, 7) is 1.58. The molecule has 0 N–H and O–H groups in total. The molecule has 0 aliphatic heterocycles. The van der Waals surface area contributed by atoms with Crippen LogP contribution in [0.1, 0.15) is 16.8 Å². The molecule has 0 fully saturated rings. The number of carbonyl (C=O) groups excluding carboxylic acids is 2. The molecule has 0 heterocycles. The van der Waals surface area contributed by atoms with Gasteiger partial charge in [-0.1, -0.05) is 17.7 Å². The molecule has 116 valence electrons. The number of nitrogens with zero attached hydrogens (tertiary/aromatic N) is 2. The molecule has 21 heavy (non-hydrogen) atoms. The van der Waals surface area contributed by atoms with Gasteiger partial charge in [0.2, 0.25) is 0 Å². The summed E-state index contributed by atoms with van der Waals surface area (Å²) in [7, 11) is 5.20. The average molecular weight is 313 g/mol. The van der Waals surface area contributed by atoms with Gasteiger partial charge in [-0.15, -0.1) is 0 Å². The highest BCUT2D eigenvalue weighted by Crippen LogP contribution is 2.13. The molecule has 0 aliphatic rings. The van der Waals surface area contributed by atoms with E-state index in [1.54, 1.807) is 29.2 Å². The minimum Gasteiger partial charge on any atom is -0.469 e. The lowest BCUT2D eigenvalue weighted by atomic mass is 10.2. The molecule has 0 saturated heterocycles. The molecule has 1 rings (SSSR count). The Morgan fingerprint density at radius 2 is 1.90 bits per heavy atom. The second-order valence-electron chi connectivity index (χ2n) is 4.93. The van der Waals surface area contributed by atoms with Crippen LogP contribution < -0.4 is 0 Å². The monoisotopic (exact) mass is 312 g/mol. The maximum Gasteiger partial charge on any atom is 0.307 e. The van der Waals surface area contributed by atoms with Gasteiger partial charge in [-0.3, -0.25) is 9.59 Å². The predicted octanol–water partition coefficient (Wildman–Crippen LogP) is 1.91. The van der Waals surface area contributed by atoms with Crippen molar-refractivity contribution in [2.75, 3.05) is 40.8 Å². The van der Waals surface area contributed by atoms with Crippen molar-refractivity contribution in [1.29, 1.82) is 0 Å². The lowest BCUT2D eigenvalue weighted by Crippen LogP contribution is -2.38. The van der Waals surface area contributed by atoms with E-state index in [0.717, 1.165) is 0 Å². The van der Waals surface area contributed by atoms with Crippen molar-refractivity contribution in [3.8, 4) is 0 Å². The molecule has 1 amide bonds. The van der Waals surface area contributed by atoms with Crippen LogP contribution in [0.25, 0.3) is 0 Å². The van der Waals surface area contributed by atoms with Gasteiger partial charge in [0.05, 0.1) is 13.5 Å². The Bertz CT molecular complexity index is 492. The van der Waals surface area contributed by atoms with Gasteiger partial charge in [-0.2, -0.15) is 0 Å². The highest BCUT2D eigenvalue weighted by Gasteiger charge is 2.17. The molecular weight excluding hydrogens is 292 g/mol. The second-order valence-corrected chi connectivity index (χ2v) is 5.37. The number of methoxy groups -OCH3 is 1. The van der Waals surface area contributed by atoms with Gasteiger partial charge in [-0.25, -0.2) is 0 Å². The molecular formula is C15H21ClN2O3. The smallest absolute Gasteiger partial charge is 0.307 e. The van der Waals surface area contributed by atoms with Gasteiger partial charge < -0.3 is 14.5 Å². The van der Waals surface area contributed by atoms with E-state index in [4.69, 9.17) is 11.6 Å². The molecule has 0 bridgehead atoms. The number of ether oxygens (including phenoxy) is 1. The number of hydrogen-bond acceptors (Lipinski definition) is 4. The average Bonchev–Trinajstić information content (AvgIpc) is 2.46.